The number of fused-ring (bicyclic) bond motifs is 1. The van der Waals surface area contributed by atoms with Crippen LogP contribution in [0, 0.1) is 0 Å². The van der Waals surface area contributed by atoms with Gasteiger partial charge in [0.15, 0.2) is 0 Å². The molecule has 5 heteroatoms. The second kappa shape index (κ2) is 10.5. The van der Waals surface area contributed by atoms with Crippen molar-refractivity contribution in [2.75, 3.05) is 27.2 Å². The normalized spacial score (nSPS) is 15.9. The molecule has 4 rings (SSSR count). The predicted octanol–water partition coefficient (Wildman–Crippen LogP) is 4.92. The van der Waals surface area contributed by atoms with Gasteiger partial charge in [-0.05, 0) is 79.9 Å². The van der Waals surface area contributed by atoms with Crippen molar-refractivity contribution in [2.45, 2.75) is 37.8 Å². The van der Waals surface area contributed by atoms with Crippen molar-refractivity contribution < 1.29 is 9.53 Å². The number of methoxy groups -OCH3 is 1. The van der Waals surface area contributed by atoms with Crippen molar-refractivity contribution in [2.24, 2.45) is 0 Å². The summed E-state index contributed by atoms with van der Waals surface area (Å²) in [6.45, 7) is 2.04. The zero-order chi connectivity index (χ0) is 22.3. The molecule has 0 spiro atoms. The number of likely N-dealkylation sites (tertiary alicyclic amines) is 1. The summed E-state index contributed by atoms with van der Waals surface area (Å²) < 4.78 is 5.38. The number of hydrogen-bond acceptors (Lipinski definition) is 3. The highest BCUT2D eigenvalue weighted by Gasteiger charge is 2.21. The van der Waals surface area contributed by atoms with Gasteiger partial charge in [-0.1, -0.05) is 54.6 Å². The third kappa shape index (κ3) is 5.60. The van der Waals surface area contributed by atoms with Gasteiger partial charge in [0, 0.05) is 6.04 Å². The first-order valence-electron chi connectivity index (χ1n) is 11.5. The van der Waals surface area contributed by atoms with Crippen LogP contribution in [0.2, 0.25) is 0 Å². The summed E-state index contributed by atoms with van der Waals surface area (Å²) in [7, 11) is 3.82. The summed E-state index contributed by atoms with van der Waals surface area (Å²) in [5.41, 5.74) is 2.36. The van der Waals surface area contributed by atoms with E-state index in [-0.39, 0.29) is 18.1 Å². The molecule has 3 aromatic rings. The standard InChI is InChI=1S/C27H33N3O2/c1-30-17-15-22(16-18-30)28-27(31)29-26(14-13-20-7-5-10-23(19-20)32-2)25-12-6-9-21-8-3-4-11-24(21)25/h3-12,19,22,26H,13-18H2,1-2H3,(H2,28,29,31). The summed E-state index contributed by atoms with van der Waals surface area (Å²) >= 11 is 0. The van der Waals surface area contributed by atoms with E-state index >= 15 is 0 Å². The lowest BCUT2D eigenvalue weighted by Gasteiger charge is -2.30. The van der Waals surface area contributed by atoms with Crippen LogP contribution in [0.1, 0.15) is 36.4 Å². The van der Waals surface area contributed by atoms with Gasteiger partial charge >= 0.3 is 6.03 Å². The van der Waals surface area contributed by atoms with Crippen molar-refractivity contribution in [1.29, 1.82) is 0 Å². The number of urea groups is 1. The average molecular weight is 432 g/mol. The molecule has 1 fully saturated rings. The number of amides is 2. The Kier molecular flexibility index (Phi) is 7.28. The van der Waals surface area contributed by atoms with Crippen LogP contribution in [0.3, 0.4) is 0 Å². The minimum Gasteiger partial charge on any atom is -0.497 e. The van der Waals surface area contributed by atoms with E-state index in [1.54, 1.807) is 7.11 Å². The second-order valence-electron chi connectivity index (χ2n) is 8.71. The quantitative estimate of drug-likeness (QED) is 0.559. The molecule has 1 heterocycles. The molecule has 0 aromatic heterocycles. The highest BCUT2D eigenvalue weighted by Crippen LogP contribution is 2.28. The Bertz CT molecular complexity index is 1040. The molecule has 1 saturated heterocycles. The fourth-order valence-electron chi connectivity index (χ4n) is 4.54. The minimum atomic E-state index is -0.0847. The lowest BCUT2D eigenvalue weighted by molar-refractivity contribution is 0.211. The van der Waals surface area contributed by atoms with Crippen LogP contribution in [-0.4, -0.2) is 44.2 Å². The van der Waals surface area contributed by atoms with Crippen LogP contribution in [0.5, 0.6) is 5.75 Å². The van der Waals surface area contributed by atoms with Gasteiger partial charge < -0.3 is 20.3 Å². The number of carbonyl (C=O) groups is 1. The van der Waals surface area contributed by atoms with Crippen molar-refractivity contribution >= 4 is 16.8 Å². The molecule has 1 aliphatic rings. The maximum atomic E-state index is 13.0. The first-order chi connectivity index (χ1) is 15.6. The summed E-state index contributed by atoms with van der Waals surface area (Å²) in [6.07, 6.45) is 3.64. The molecule has 1 unspecified atom stereocenters. The molecule has 0 bridgehead atoms. The zero-order valence-electron chi connectivity index (χ0n) is 19.0. The number of aryl methyl sites for hydroxylation is 1. The molecular weight excluding hydrogens is 398 g/mol. The number of nitrogens with one attached hydrogen (secondary N) is 2. The number of rotatable bonds is 7. The maximum Gasteiger partial charge on any atom is 0.315 e. The molecule has 168 valence electrons. The Hall–Kier alpha value is -3.05. The van der Waals surface area contributed by atoms with Gasteiger partial charge in [0.05, 0.1) is 13.2 Å². The van der Waals surface area contributed by atoms with E-state index in [9.17, 15) is 4.79 Å². The highest BCUT2D eigenvalue weighted by atomic mass is 16.5. The van der Waals surface area contributed by atoms with Gasteiger partial charge in [-0.25, -0.2) is 4.79 Å². The Balaban J connectivity index is 1.52. The van der Waals surface area contributed by atoms with E-state index in [0.717, 1.165) is 50.1 Å². The SMILES string of the molecule is COc1cccc(CCC(NC(=O)NC2CCN(C)CC2)c2cccc3ccccc23)c1. The second-order valence-corrected chi connectivity index (χ2v) is 8.71. The first kappa shape index (κ1) is 22.2. The highest BCUT2D eigenvalue weighted by molar-refractivity contribution is 5.86. The van der Waals surface area contributed by atoms with Crippen molar-refractivity contribution in [3.8, 4) is 5.75 Å². The molecule has 0 saturated carbocycles. The van der Waals surface area contributed by atoms with Crippen LogP contribution in [0.15, 0.2) is 66.7 Å². The molecular formula is C27H33N3O2. The lowest BCUT2D eigenvalue weighted by atomic mass is 9.94. The largest absolute Gasteiger partial charge is 0.497 e. The van der Waals surface area contributed by atoms with Crippen molar-refractivity contribution in [1.82, 2.24) is 15.5 Å². The summed E-state index contributed by atoms with van der Waals surface area (Å²) in [5.74, 6) is 0.858. The summed E-state index contributed by atoms with van der Waals surface area (Å²) in [5, 5.41) is 8.87. The Morgan fingerprint density at radius 1 is 1.06 bits per heavy atom. The smallest absolute Gasteiger partial charge is 0.315 e. The third-order valence-corrected chi connectivity index (χ3v) is 6.41. The number of ether oxygens (including phenoxy) is 1. The van der Waals surface area contributed by atoms with Gasteiger partial charge in [-0.15, -0.1) is 0 Å². The first-order valence-corrected chi connectivity index (χ1v) is 11.5. The lowest BCUT2D eigenvalue weighted by Crippen LogP contribution is -2.47. The molecule has 1 atom stereocenters. The van der Waals surface area contributed by atoms with Crippen LogP contribution in [0.25, 0.3) is 10.8 Å². The topological polar surface area (TPSA) is 53.6 Å². The van der Waals surface area contributed by atoms with Crippen molar-refractivity contribution in [3.63, 3.8) is 0 Å². The number of hydrogen-bond donors (Lipinski definition) is 2. The molecule has 0 aliphatic carbocycles. The fraction of sp³-hybridized carbons (Fsp3) is 0.370. The number of piperidine rings is 1. The number of benzene rings is 3. The molecule has 2 amide bonds. The van der Waals surface area contributed by atoms with E-state index in [0.29, 0.717) is 0 Å². The van der Waals surface area contributed by atoms with E-state index in [1.165, 1.54) is 16.3 Å². The van der Waals surface area contributed by atoms with Crippen LogP contribution in [0.4, 0.5) is 4.79 Å². The van der Waals surface area contributed by atoms with Crippen LogP contribution in [-0.2, 0) is 6.42 Å². The summed E-state index contributed by atoms with van der Waals surface area (Å²) in [4.78, 5) is 15.3. The van der Waals surface area contributed by atoms with Gasteiger partial charge in [0.25, 0.3) is 0 Å². The minimum absolute atomic E-state index is 0.0804. The van der Waals surface area contributed by atoms with E-state index in [1.807, 2.05) is 12.1 Å². The van der Waals surface area contributed by atoms with Gasteiger partial charge in [0.2, 0.25) is 0 Å². The van der Waals surface area contributed by atoms with Gasteiger partial charge in [-0.3, -0.25) is 0 Å². The molecule has 32 heavy (non-hydrogen) atoms. The van der Waals surface area contributed by atoms with Crippen LogP contribution < -0.4 is 15.4 Å². The molecule has 3 aromatic carbocycles. The van der Waals surface area contributed by atoms with E-state index in [4.69, 9.17) is 4.74 Å². The fourth-order valence-corrected chi connectivity index (χ4v) is 4.54. The van der Waals surface area contributed by atoms with Gasteiger partial charge in [0.1, 0.15) is 5.75 Å². The molecule has 2 N–H and O–H groups in total. The Labute approximate surface area is 190 Å². The summed E-state index contributed by atoms with van der Waals surface area (Å²) in [6, 6.07) is 22.9. The van der Waals surface area contributed by atoms with Crippen LogP contribution >= 0.6 is 0 Å². The Morgan fingerprint density at radius 2 is 1.81 bits per heavy atom. The number of nitrogens with zero attached hydrogens (tertiary/aromatic N) is 1. The number of carbonyl (C=O) groups excluding carboxylic acids is 1. The third-order valence-electron chi connectivity index (χ3n) is 6.41. The predicted molar refractivity (Wildman–Crippen MR) is 130 cm³/mol. The molecule has 0 radical (unpaired) electrons. The molecule has 1 aliphatic heterocycles. The van der Waals surface area contributed by atoms with E-state index in [2.05, 4.69) is 77.2 Å². The average Bonchev–Trinajstić information content (AvgIpc) is 2.83. The monoisotopic (exact) mass is 431 g/mol. The molecule has 5 nitrogen and oxygen atoms in total. The van der Waals surface area contributed by atoms with Gasteiger partial charge in [-0.2, -0.15) is 0 Å². The maximum absolute atomic E-state index is 13.0. The van der Waals surface area contributed by atoms with E-state index < -0.39 is 0 Å². The Morgan fingerprint density at radius 3 is 2.62 bits per heavy atom. The zero-order valence-corrected chi connectivity index (χ0v) is 19.0. The van der Waals surface area contributed by atoms with Crippen molar-refractivity contribution in [3.05, 3.63) is 77.9 Å².